The van der Waals surface area contributed by atoms with Crippen molar-refractivity contribution in [2.45, 2.75) is 25.2 Å². The SMILES string of the molecule is NC(=O)Oc1occc1C1CCc2ccc3c(ccc4ccccc43)c2C1. The lowest BCUT2D eigenvalue weighted by Crippen LogP contribution is -2.18. The molecule has 134 valence electrons. The summed E-state index contributed by atoms with van der Waals surface area (Å²) in [7, 11) is 0. The maximum atomic E-state index is 11.1. The molecule has 4 heteroatoms. The van der Waals surface area contributed by atoms with Gasteiger partial charge in [0.05, 0.1) is 6.26 Å². The largest absolute Gasteiger partial charge is 0.434 e. The molecule has 0 spiro atoms. The number of benzene rings is 3. The Morgan fingerprint density at radius 3 is 2.74 bits per heavy atom. The maximum Gasteiger partial charge on any atom is 0.412 e. The van der Waals surface area contributed by atoms with Gasteiger partial charge in [-0.25, -0.2) is 4.79 Å². The third kappa shape index (κ3) is 2.65. The van der Waals surface area contributed by atoms with Crippen molar-refractivity contribution < 1.29 is 13.9 Å². The molecule has 1 unspecified atom stereocenters. The molecule has 1 aromatic heterocycles. The van der Waals surface area contributed by atoms with E-state index in [1.165, 1.54) is 32.7 Å². The van der Waals surface area contributed by atoms with Crippen LogP contribution in [0.4, 0.5) is 4.79 Å². The Bertz CT molecular complexity index is 1170. The molecule has 0 saturated heterocycles. The van der Waals surface area contributed by atoms with E-state index in [1.54, 1.807) is 6.26 Å². The zero-order valence-corrected chi connectivity index (χ0v) is 14.8. The van der Waals surface area contributed by atoms with Gasteiger partial charge >= 0.3 is 6.09 Å². The molecular formula is C23H19NO3. The van der Waals surface area contributed by atoms with Gasteiger partial charge in [-0.1, -0.05) is 48.5 Å². The number of aryl methyl sites for hydroxylation is 1. The molecule has 0 aliphatic heterocycles. The minimum Gasteiger partial charge on any atom is -0.434 e. The molecule has 27 heavy (non-hydrogen) atoms. The minimum atomic E-state index is -0.848. The van der Waals surface area contributed by atoms with Gasteiger partial charge in [0.25, 0.3) is 5.95 Å². The van der Waals surface area contributed by atoms with Crippen molar-refractivity contribution in [3.8, 4) is 5.95 Å². The molecule has 0 radical (unpaired) electrons. The van der Waals surface area contributed by atoms with Crippen molar-refractivity contribution in [2.75, 3.05) is 0 Å². The summed E-state index contributed by atoms with van der Waals surface area (Å²) in [4.78, 5) is 11.1. The number of amides is 1. The van der Waals surface area contributed by atoms with Crippen LogP contribution in [0, 0.1) is 0 Å². The molecular weight excluding hydrogens is 338 g/mol. The van der Waals surface area contributed by atoms with Gasteiger partial charge < -0.3 is 14.9 Å². The molecule has 0 fully saturated rings. The van der Waals surface area contributed by atoms with Gasteiger partial charge in [-0.2, -0.15) is 0 Å². The highest BCUT2D eigenvalue weighted by molar-refractivity contribution is 6.08. The number of furan rings is 1. The third-order valence-corrected chi connectivity index (χ3v) is 5.64. The van der Waals surface area contributed by atoms with E-state index in [1.807, 2.05) is 6.07 Å². The van der Waals surface area contributed by atoms with Crippen molar-refractivity contribution in [3.63, 3.8) is 0 Å². The molecule has 3 aromatic carbocycles. The number of rotatable bonds is 2. The number of ether oxygens (including phenoxy) is 1. The molecule has 2 N–H and O–H groups in total. The van der Waals surface area contributed by atoms with E-state index in [-0.39, 0.29) is 11.9 Å². The van der Waals surface area contributed by atoms with E-state index >= 15 is 0 Å². The Labute approximate surface area is 156 Å². The second kappa shape index (κ2) is 6.16. The summed E-state index contributed by atoms with van der Waals surface area (Å²) in [5, 5.41) is 5.12. The monoisotopic (exact) mass is 357 g/mol. The average molecular weight is 357 g/mol. The predicted octanol–water partition coefficient (Wildman–Crippen LogP) is 5.32. The first-order chi connectivity index (χ1) is 13.2. The molecule has 1 amide bonds. The zero-order valence-electron chi connectivity index (χ0n) is 14.8. The minimum absolute atomic E-state index is 0.224. The summed E-state index contributed by atoms with van der Waals surface area (Å²) in [6.45, 7) is 0. The average Bonchev–Trinajstić information content (AvgIpc) is 3.14. The van der Waals surface area contributed by atoms with Crippen LogP contribution in [0.2, 0.25) is 0 Å². The first-order valence-corrected chi connectivity index (χ1v) is 9.17. The van der Waals surface area contributed by atoms with E-state index in [0.717, 1.165) is 24.8 Å². The smallest absolute Gasteiger partial charge is 0.412 e. The van der Waals surface area contributed by atoms with E-state index in [0.29, 0.717) is 0 Å². The van der Waals surface area contributed by atoms with Gasteiger partial charge in [0.1, 0.15) is 0 Å². The molecule has 5 rings (SSSR count). The highest BCUT2D eigenvalue weighted by Crippen LogP contribution is 2.41. The lowest BCUT2D eigenvalue weighted by atomic mass is 9.78. The van der Waals surface area contributed by atoms with Crippen LogP contribution >= 0.6 is 0 Å². The molecule has 0 bridgehead atoms. The van der Waals surface area contributed by atoms with Crippen LogP contribution in [-0.2, 0) is 12.8 Å². The normalized spacial score (nSPS) is 16.4. The summed E-state index contributed by atoms with van der Waals surface area (Å²) >= 11 is 0. The van der Waals surface area contributed by atoms with Crippen molar-refractivity contribution in [3.05, 3.63) is 77.6 Å². The standard InChI is InChI=1S/C23H19NO3/c24-23(25)27-22-18(11-12-26-22)16-6-5-15-8-9-19-17-4-2-1-3-14(17)7-10-20(19)21(15)13-16/h1-4,7-12,16H,5-6,13H2,(H2,24,25). The second-order valence-corrected chi connectivity index (χ2v) is 7.11. The Kier molecular flexibility index (Phi) is 3.64. The molecule has 4 nitrogen and oxygen atoms in total. The van der Waals surface area contributed by atoms with Gasteiger partial charge in [0.15, 0.2) is 0 Å². The van der Waals surface area contributed by atoms with E-state index in [2.05, 4.69) is 48.5 Å². The van der Waals surface area contributed by atoms with Gasteiger partial charge in [0, 0.05) is 5.56 Å². The summed E-state index contributed by atoms with van der Waals surface area (Å²) in [6.07, 6.45) is 3.57. The Balaban J connectivity index is 1.60. The first kappa shape index (κ1) is 15.9. The fourth-order valence-electron chi connectivity index (χ4n) is 4.40. The lowest BCUT2D eigenvalue weighted by Gasteiger charge is -2.26. The van der Waals surface area contributed by atoms with Crippen molar-refractivity contribution >= 4 is 27.6 Å². The summed E-state index contributed by atoms with van der Waals surface area (Å²) in [6, 6.07) is 19.3. The summed E-state index contributed by atoms with van der Waals surface area (Å²) < 4.78 is 10.4. The number of carbonyl (C=O) groups excluding carboxylic acids is 1. The Morgan fingerprint density at radius 2 is 1.85 bits per heavy atom. The zero-order chi connectivity index (χ0) is 18.4. The molecule has 1 heterocycles. The number of primary amides is 1. The van der Waals surface area contributed by atoms with Gasteiger partial charge in [-0.05, 0) is 63.9 Å². The van der Waals surface area contributed by atoms with Crippen LogP contribution in [0.15, 0.2) is 65.3 Å². The number of hydrogen-bond acceptors (Lipinski definition) is 3. The van der Waals surface area contributed by atoms with Crippen LogP contribution in [0.25, 0.3) is 21.5 Å². The Morgan fingerprint density at radius 1 is 1.00 bits per heavy atom. The molecule has 4 aromatic rings. The molecule has 1 aliphatic rings. The topological polar surface area (TPSA) is 65.5 Å². The van der Waals surface area contributed by atoms with E-state index in [4.69, 9.17) is 14.9 Å². The van der Waals surface area contributed by atoms with Crippen molar-refractivity contribution in [2.24, 2.45) is 5.73 Å². The summed E-state index contributed by atoms with van der Waals surface area (Å²) in [5.74, 6) is 0.462. The second-order valence-electron chi connectivity index (χ2n) is 7.11. The number of carbonyl (C=O) groups is 1. The fraction of sp³-hybridized carbons (Fsp3) is 0.174. The molecule has 1 aliphatic carbocycles. The van der Waals surface area contributed by atoms with Gasteiger partial charge in [0.2, 0.25) is 0 Å². The Hall–Kier alpha value is -3.27. The molecule has 0 saturated carbocycles. The maximum absolute atomic E-state index is 11.1. The van der Waals surface area contributed by atoms with E-state index < -0.39 is 6.09 Å². The van der Waals surface area contributed by atoms with Crippen LogP contribution < -0.4 is 10.5 Å². The van der Waals surface area contributed by atoms with Crippen LogP contribution in [0.1, 0.15) is 29.0 Å². The van der Waals surface area contributed by atoms with Crippen molar-refractivity contribution in [1.29, 1.82) is 0 Å². The fourth-order valence-corrected chi connectivity index (χ4v) is 4.40. The van der Waals surface area contributed by atoms with Crippen molar-refractivity contribution in [1.82, 2.24) is 0 Å². The lowest BCUT2D eigenvalue weighted by molar-refractivity contribution is 0.196. The third-order valence-electron chi connectivity index (χ3n) is 5.64. The van der Waals surface area contributed by atoms with Crippen LogP contribution in [0.5, 0.6) is 5.95 Å². The highest BCUT2D eigenvalue weighted by Gasteiger charge is 2.26. The number of nitrogens with two attached hydrogens (primary N) is 1. The number of fused-ring (bicyclic) bond motifs is 5. The quantitative estimate of drug-likeness (QED) is 0.494. The molecule has 1 atom stereocenters. The predicted molar refractivity (Wildman–Crippen MR) is 105 cm³/mol. The van der Waals surface area contributed by atoms with Crippen LogP contribution in [-0.4, -0.2) is 6.09 Å². The van der Waals surface area contributed by atoms with Gasteiger partial charge in [-0.3, -0.25) is 0 Å². The number of hydrogen-bond donors (Lipinski definition) is 1. The first-order valence-electron chi connectivity index (χ1n) is 9.17. The highest BCUT2D eigenvalue weighted by atomic mass is 16.6. The van der Waals surface area contributed by atoms with Crippen LogP contribution in [0.3, 0.4) is 0 Å². The van der Waals surface area contributed by atoms with E-state index in [9.17, 15) is 4.79 Å². The summed E-state index contributed by atoms with van der Waals surface area (Å²) in [5.41, 5.74) is 8.85. The van der Waals surface area contributed by atoms with Gasteiger partial charge in [-0.15, -0.1) is 0 Å².